The Morgan fingerprint density at radius 2 is 1.88 bits per heavy atom. The molecular weight excluding hydrogens is 524 g/mol. The molecule has 1 aliphatic carbocycles. The molecule has 40 heavy (non-hydrogen) atoms. The highest BCUT2D eigenvalue weighted by molar-refractivity contribution is 5.86. The van der Waals surface area contributed by atoms with Crippen molar-refractivity contribution >= 4 is 11.0 Å². The van der Waals surface area contributed by atoms with Gasteiger partial charge in [0.05, 0.1) is 17.2 Å². The third kappa shape index (κ3) is 4.98. The van der Waals surface area contributed by atoms with Crippen molar-refractivity contribution in [3.8, 4) is 33.9 Å². The Balaban J connectivity index is 1.39. The first-order valence-electron chi connectivity index (χ1n) is 12.9. The van der Waals surface area contributed by atoms with Gasteiger partial charge in [0, 0.05) is 30.8 Å². The van der Waals surface area contributed by atoms with Crippen molar-refractivity contribution in [2.24, 2.45) is 7.05 Å². The summed E-state index contributed by atoms with van der Waals surface area (Å²) in [6, 6.07) is 14.2. The van der Waals surface area contributed by atoms with Crippen LogP contribution in [0.5, 0.6) is 0 Å². The predicted molar refractivity (Wildman–Crippen MR) is 142 cm³/mol. The summed E-state index contributed by atoms with van der Waals surface area (Å²) in [6.07, 6.45) is -1.22. The number of imidazole rings is 1. The van der Waals surface area contributed by atoms with E-state index >= 15 is 0 Å². The summed E-state index contributed by atoms with van der Waals surface area (Å²) in [5.41, 5.74) is 2.23. The number of hydrogen-bond acceptors (Lipinski definition) is 5. The van der Waals surface area contributed by atoms with E-state index in [9.17, 15) is 22.7 Å². The molecule has 0 bridgehead atoms. The number of aliphatic hydroxyl groups is 1. The quantitative estimate of drug-likeness (QED) is 0.231. The van der Waals surface area contributed by atoms with Crippen molar-refractivity contribution in [3.63, 3.8) is 0 Å². The van der Waals surface area contributed by atoms with Crippen LogP contribution < -0.4 is 5.32 Å². The van der Waals surface area contributed by atoms with Gasteiger partial charge in [-0.3, -0.25) is 0 Å². The molecule has 2 aromatic heterocycles. The molecule has 0 aliphatic heterocycles. The highest BCUT2D eigenvalue weighted by Crippen LogP contribution is 2.37. The van der Waals surface area contributed by atoms with Gasteiger partial charge in [0.15, 0.2) is 5.82 Å². The normalized spacial score (nSPS) is 17.6. The summed E-state index contributed by atoms with van der Waals surface area (Å²) < 4.78 is 58.1. The summed E-state index contributed by atoms with van der Waals surface area (Å²) in [4.78, 5) is 7.42. The lowest BCUT2D eigenvalue weighted by molar-refractivity contribution is -0.136. The first kappa shape index (κ1) is 26.1. The van der Waals surface area contributed by atoms with Gasteiger partial charge in [-0.25, -0.2) is 9.37 Å². The van der Waals surface area contributed by atoms with Gasteiger partial charge in [-0.05, 0) is 66.3 Å². The lowest BCUT2D eigenvalue weighted by Crippen LogP contribution is -2.35. The number of halogens is 4. The van der Waals surface area contributed by atoms with E-state index in [1.807, 2.05) is 6.07 Å². The number of aromatic amines is 1. The fourth-order valence-electron chi connectivity index (χ4n) is 5.37. The maximum atomic E-state index is 14.2. The van der Waals surface area contributed by atoms with E-state index in [1.54, 1.807) is 41.9 Å². The van der Waals surface area contributed by atoms with Crippen LogP contribution in [0.2, 0.25) is 0 Å². The largest absolute Gasteiger partial charge is 0.418 e. The lowest BCUT2D eigenvalue weighted by atomic mass is 9.97. The van der Waals surface area contributed by atoms with Crippen LogP contribution in [0.4, 0.5) is 17.6 Å². The van der Waals surface area contributed by atoms with Gasteiger partial charge in [-0.2, -0.15) is 13.2 Å². The van der Waals surface area contributed by atoms with Crippen LogP contribution in [0.25, 0.3) is 44.9 Å². The van der Waals surface area contributed by atoms with Crippen LogP contribution in [0.1, 0.15) is 30.4 Å². The van der Waals surface area contributed by atoms with Gasteiger partial charge in [-0.1, -0.05) is 24.3 Å². The van der Waals surface area contributed by atoms with Gasteiger partial charge in [-0.15, -0.1) is 10.2 Å². The molecular formula is C29H26F4N6O. The second kappa shape index (κ2) is 10.1. The Kier molecular flexibility index (Phi) is 6.63. The van der Waals surface area contributed by atoms with Crippen molar-refractivity contribution in [1.82, 2.24) is 30.0 Å². The molecule has 0 radical (unpaired) electrons. The number of aryl methyl sites for hydroxylation is 1. The SMILES string of the molecule is Cn1cnnc1-c1cc(F)ccc1-c1cccc(-c2nc3c(C(F)(F)F)cc(CN[C@@H]4CCC[C@H]4O)cc3[nH]2)c1. The van der Waals surface area contributed by atoms with Crippen LogP contribution >= 0.6 is 0 Å². The maximum absolute atomic E-state index is 14.2. The molecule has 0 spiro atoms. The molecule has 7 nitrogen and oxygen atoms in total. The molecule has 1 fully saturated rings. The van der Waals surface area contributed by atoms with Crippen molar-refractivity contribution in [3.05, 3.63) is 77.9 Å². The highest BCUT2D eigenvalue weighted by atomic mass is 19.4. The van der Waals surface area contributed by atoms with Crippen LogP contribution in [0.3, 0.4) is 0 Å². The zero-order valence-corrected chi connectivity index (χ0v) is 21.5. The van der Waals surface area contributed by atoms with E-state index in [4.69, 9.17) is 0 Å². The summed E-state index contributed by atoms with van der Waals surface area (Å²) in [5.74, 6) is 0.327. The first-order chi connectivity index (χ1) is 19.2. The molecule has 11 heteroatoms. The number of rotatable bonds is 6. The standard InChI is InChI=1S/C29H26F4N6O/c1-39-15-35-38-28(39)21-13-19(30)8-9-20(21)17-4-2-5-18(12-17)27-36-24-11-16(14-34-23-6-3-7-25(23)40)10-22(26(24)37-27)29(31,32)33/h2,4-5,8-13,15,23,25,34,40H,3,6-7,14H2,1H3,(H,36,37)/t23-,25-/m1/s1. The second-order valence-electron chi connectivity index (χ2n) is 10.1. The number of aromatic nitrogens is 5. The zero-order chi connectivity index (χ0) is 28.0. The van der Waals surface area contributed by atoms with Gasteiger partial charge in [0.25, 0.3) is 0 Å². The molecule has 1 aliphatic rings. The summed E-state index contributed by atoms with van der Waals surface area (Å²) in [5, 5.41) is 21.3. The first-order valence-corrected chi connectivity index (χ1v) is 12.9. The molecule has 3 N–H and O–H groups in total. The number of fused-ring (bicyclic) bond motifs is 1. The fourth-order valence-corrected chi connectivity index (χ4v) is 5.37. The number of aliphatic hydroxyl groups excluding tert-OH is 1. The van der Waals surface area contributed by atoms with Gasteiger partial charge in [0.2, 0.25) is 0 Å². The van der Waals surface area contributed by atoms with E-state index in [1.165, 1.54) is 18.5 Å². The van der Waals surface area contributed by atoms with Gasteiger partial charge >= 0.3 is 6.18 Å². The topological polar surface area (TPSA) is 91.7 Å². The van der Waals surface area contributed by atoms with E-state index in [0.29, 0.717) is 40.1 Å². The van der Waals surface area contributed by atoms with Crippen molar-refractivity contribution in [2.75, 3.05) is 0 Å². The van der Waals surface area contributed by atoms with Crippen molar-refractivity contribution < 1.29 is 22.7 Å². The highest BCUT2D eigenvalue weighted by Gasteiger charge is 2.35. The minimum atomic E-state index is -4.60. The maximum Gasteiger partial charge on any atom is 0.418 e. The average molecular weight is 551 g/mol. The lowest BCUT2D eigenvalue weighted by Gasteiger charge is -2.17. The van der Waals surface area contributed by atoms with Crippen LogP contribution in [-0.4, -0.2) is 42.0 Å². The smallest absolute Gasteiger partial charge is 0.392 e. The number of benzene rings is 3. The summed E-state index contributed by atoms with van der Waals surface area (Å²) in [6.45, 7) is 0.194. The Morgan fingerprint density at radius 1 is 1.05 bits per heavy atom. The molecule has 0 unspecified atom stereocenters. The molecule has 0 amide bonds. The van der Waals surface area contributed by atoms with Crippen LogP contribution in [0.15, 0.2) is 60.9 Å². The number of hydrogen-bond donors (Lipinski definition) is 3. The zero-order valence-electron chi connectivity index (χ0n) is 21.5. The molecule has 2 heterocycles. The summed E-state index contributed by atoms with van der Waals surface area (Å²) in [7, 11) is 1.76. The molecule has 3 aromatic carbocycles. The fraction of sp³-hybridized carbons (Fsp3) is 0.276. The van der Waals surface area contributed by atoms with E-state index in [-0.39, 0.29) is 29.4 Å². The molecule has 2 atom stereocenters. The predicted octanol–water partition coefficient (Wildman–Crippen LogP) is 5.85. The minimum absolute atomic E-state index is 0.136. The van der Waals surface area contributed by atoms with E-state index in [2.05, 4.69) is 25.5 Å². The van der Waals surface area contributed by atoms with E-state index < -0.39 is 23.7 Å². The number of nitrogens with zero attached hydrogens (tertiary/aromatic N) is 4. The third-order valence-electron chi connectivity index (χ3n) is 7.38. The second-order valence-corrected chi connectivity index (χ2v) is 10.1. The molecule has 5 aromatic rings. The molecule has 0 saturated heterocycles. The average Bonchev–Trinajstić information content (AvgIpc) is 3.66. The number of nitrogens with one attached hydrogen (secondary N) is 2. The molecule has 1 saturated carbocycles. The Hall–Kier alpha value is -4.09. The minimum Gasteiger partial charge on any atom is -0.392 e. The number of H-pyrrole nitrogens is 1. The van der Waals surface area contributed by atoms with Crippen molar-refractivity contribution in [2.45, 2.75) is 44.1 Å². The Morgan fingerprint density at radius 3 is 2.60 bits per heavy atom. The Bertz CT molecular complexity index is 1690. The van der Waals surface area contributed by atoms with Crippen LogP contribution in [-0.2, 0) is 19.8 Å². The summed E-state index contributed by atoms with van der Waals surface area (Å²) >= 11 is 0. The van der Waals surface area contributed by atoms with Gasteiger partial charge in [0.1, 0.15) is 23.5 Å². The molecule has 206 valence electrons. The Labute approximate surface area is 226 Å². The number of alkyl halides is 3. The van der Waals surface area contributed by atoms with Gasteiger partial charge < -0.3 is 20.0 Å². The van der Waals surface area contributed by atoms with E-state index in [0.717, 1.165) is 18.9 Å². The van der Waals surface area contributed by atoms with Crippen molar-refractivity contribution in [1.29, 1.82) is 0 Å². The third-order valence-corrected chi connectivity index (χ3v) is 7.38. The monoisotopic (exact) mass is 550 g/mol. The van der Waals surface area contributed by atoms with Crippen LogP contribution in [0, 0.1) is 5.82 Å². The molecule has 6 rings (SSSR count).